The molecule has 0 aliphatic heterocycles. The number of aromatic amines is 1. The van der Waals surface area contributed by atoms with Gasteiger partial charge in [0.05, 0.1) is 6.20 Å². The molecule has 0 radical (unpaired) electrons. The predicted molar refractivity (Wildman–Crippen MR) is 94.8 cm³/mol. The molecule has 0 amide bonds. The van der Waals surface area contributed by atoms with Crippen LogP contribution in [0.1, 0.15) is 35.8 Å². The van der Waals surface area contributed by atoms with Crippen molar-refractivity contribution in [3.8, 4) is 11.5 Å². The molecule has 0 saturated heterocycles. The lowest BCUT2D eigenvalue weighted by atomic mass is 10.0. The molecule has 1 unspecified atom stereocenters. The van der Waals surface area contributed by atoms with E-state index in [-0.39, 0.29) is 0 Å². The van der Waals surface area contributed by atoms with E-state index >= 15 is 0 Å². The average molecular weight is 342 g/mol. The lowest BCUT2D eigenvalue weighted by Gasteiger charge is -2.19. The first-order chi connectivity index (χ1) is 11.7. The normalized spacial score (nSPS) is 15.6. The maximum absolute atomic E-state index is 6.02. The highest BCUT2D eigenvalue weighted by molar-refractivity contribution is 6.30. The summed E-state index contributed by atoms with van der Waals surface area (Å²) in [7, 11) is 0. The molecule has 1 aliphatic carbocycles. The van der Waals surface area contributed by atoms with E-state index < -0.39 is 0 Å². The van der Waals surface area contributed by atoms with E-state index in [2.05, 4.69) is 27.6 Å². The SMILES string of the molecule is Cc1ccc(-c2[nH]ncc2CNC(c2ccc(Cl)cc2)C2CC2)o1. The van der Waals surface area contributed by atoms with Crippen LogP contribution in [0.25, 0.3) is 11.5 Å². The summed E-state index contributed by atoms with van der Waals surface area (Å²) >= 11 is 6.02. The number of aryl methyl sites for hydroxylation is 1. The summed E-state index contributed by atoms with van der Waals surface area (Å²) in [6.45, 7) is 2.69. The number of nitrogens with zero attached hydrogens (tertiary/aromatic N) is 1. The topological polar surface area (TPSA) is 53.9 Å². The zero-order valence-electron chi connectivity index (χ0n) is 13.6. The van der Waals surface area contributed by atoms with Crippen LogP contribution in [0.3, 0.4) is 0 Å². The molecule has 24 heavy (non-hydrogen) atoms. The number of hydrogen-bond donors (Lipinski definition) is 2. The van der Waals surface area contributed by atoms with Crippen molar-refractivity contribution in [3.63, 3.8) is 0 Å². The Kier molecular flexibility index (Phi) is 4.17. The standard InChI is InChI=1S/C19H20ClN3O/c1-12-2-9-17(24-12)19-15(11-22-23-19)10-21-18(13-3-4-13)14-5-7-16(20)8-6-14/h2,5-9,11,13,18,21H,3-4,10H2,1H3,(H,22,23). The number of H-pyrrole nitrogens is 1. The van der Waals surface area contributed by atoms with E-state index in [0.717, 1.165) is 34.3 Å². The van der Waals surface area contributed by atoms with Crippen LogP contribution >= 0.6 is 11.6 Å². The molecule has 1 saturated carbocycles. The molecule has 5 heteroatoms. The first kappa shape index (κ1) is 15.5. The van der Waals surface area contributed by atoms with Gasteiger partial charge < -0.3 is 9.73 Å². The highest BCUT2D eigenvalue weighted by Gasteiger charge is 2.32. The van der Waals surface area contributed by atoms with E-state index in [1.54, 1.807) is 0 Å². The van der Waals surface area contributed by atoms with E-state index in [1.165, 1.54) is 18.4 Å². The van der Waals surface area contributed by atoms with Gasteiger partial charge in [0.25, 0.3) is 0 Å². The third-order valence-corrected chi connectivity index (χ3v) is 4.79. The minimum absolute atomic E-state index is 0.350. The van der Waals surface area contributed by atoms with Gasteiger partial charge in [-0.15, -0.1) is 0 Å². The van der Waals surface area contributed by atoms with E-state index in [4.69, 9.17) is 16.0 Å². The smallest absolute Gasteiger partial charge is 0.152 e. The van der Waals surface area contributed by atoms with Gasteiger partial charge in [-0.05, 0) is 55.5 Å². The van der Waals surface area contributed by atoms with Crippen LogP contribution in [0.2, 0.25) is 5.02 Å². The molecule has 1 aromatic carbocycles. The summed E-state index contributed by atoms with van der Waals surface area (Å²) in [5.41, 5.74) is 3.35. The van der Waals surface area contributed by atoms with Crippen molar-refractivity contribution < 1.29 is 4.42 Å². The molecule has 1 atom stereocenters. The maximum atomic E-state index is 6.02. The molecule has 2 heterocycles. The Balaban J connectivity index is 1.51. The molecule has 0 bridgehead atoms. The Morgan fingerprint density at radius 3 is 2.71 bits per heavy atom. The lowest BCUT2D eigenvalue weighted by Crippen LogP contribution is -2.22. The van der Waals surface area contributed by atoms with Crippen molar-refractivity contribution in [3.05, 3.63) is 64.5 Å². The highest BCUT2D eigenvalue weighted by Crippen LogP contribution is 2.41. The van der Waals surface area contributed by atoms with Gasteiger partial charge in [0, 0.05) is 23.2 Å². The molecule has 4 nitrogen and oxygen atoms in total. The molecule has 0 spiro atoms. The third kappa shape index (κ3) is 3.25. The van der Waals surface area contributed by atoms with Crippen molar-refractivity contribution >= 4 is 11.6 Å². The first-order valence-electron chi connectivity index (χ1n) is 8.28. The van der Waals surface area contributed by atoms with E-state index in [9.17, 15) is 0 Å². The average Bonchev–Trinajstić information content (AvgIpc) is 3.14. The van der Waals surface area contributed by atoms with Gasteiger partial charge in [-0.3, -0.25) is 5.10 Å². The number of benzene rings is 1. The second-order valence-corrected chi connectivity index (χ2v) is 6.86. The monoisotopic (exact) mass is 341 g/mol. The van der Waals surface area contributed by atoms with E-state index in [0.29, 0.717) is 12.0 Å². The number of aromatic nitrogens is 2. The molecule has 2 aromatic heterocycles. The predicted octanol–water partition coefficient (Wildman–Crippen LogP) is 4.87. The number of furan rings is 1. The van der Waals surface area contributed by atoms with Gasteiger partial charge >= 0.3 is 0 Å². The van der Waals surface area contributed by atoms with Crippen LogP contribution in [-0.4, -0.2) is 10.2 Å². The quantitative estimate of drug-likeness (QED) is 0.672. The van der Waals surface area contributed by atoms with Crippen molar-refractivity contribution in [1.29, 1.82) is 0 Å². The van der Waals surface area contributed by atoms with Crippen LogP contribution in [-0.2, 0) is 6.54 Å². The number of nitrogens with one attached hydrogen (secondary N) is 2. The van der Waals surface area contributed by atoms with Gasteiger partial charge in [-0.25, -0.2) is 0 Å². The second-order valence-electron chi connectivity index (χ2n) is 6.43. The lowest BCUT2D eigenvalue weighted by molar-refractivity contribution is 0.480. The summed E-state index contributed by atoms with van der Waals surface area (Å²) in [5.74, 6) is 2.43. The van der Waals surface area contributed by atoms with Crippen LogP contribution < -0.4 is 5.32 Å². The molecule has 1 fully saturated rings. The summed E-state index contributed by atoms with van der Waals surface area (Å²) in [5, 5.41) is 11.7. The molecular formula is C19H20ClN3O. The van der Waals surface area contributed by atoms with Crippen molar-refractivity contribution in [2.45, 2.75) is 32.4 Å². The van der Waals surface area contributed by atoms with Gasteiger partial charge in [-0.2, -0.15) is 5.10 Å². The zero-order valence-corrected chi connectivity index (χ0v) is 14.3. The van der Waals surface area contributed by atoms with Crippen LogP contribution in [0.4, 0.5) is 0 Å². The van der Waals surface area contributed by atoms with Gasteiger partial charge in [0.1, 0.15) is 11.5 Å². The molecule has 3 aromatic rings. The first-order valence-corrected chi connectivity index (χ1v) is 8.66. The zero-order chi connectivity index (χ0) is 16.5. The molecule has 2 N–H and O–H groups in total. The van der Waals surface area contributed by atoms with Crippen molar-refractivity contribution in [1.82, 2.24) is 15.5 Å². The molecule has 124 valence electrons. The van der Waals surface area contributed by atoms with E-state index in [1.807, 2.05) is 37.4 Å². The van der Waals surface area contributed by atoms with Gasteiger partial charge in [-0.1, -0.05) is 23.7 Å². The van der Waals surface area contributed by atoms with Crippen LogP contribution in [0, 0.1) is 12.8 Å². The summed E-state index contributed by atoms with van der Waals surface area (Å²) in [6.07, 6.45) is 4.41. The minimum Gasteiger partial charge on any atom is -0.460 e. The van der Waals surface area contributed by atoms with Crippen molar-refractivity contribution in [2.24, 2.45) is 5.92 Å². The molecule has 1 aliphatic rings. The summed E-state index contributed by atoms with van der Waals surface area (Å²) in [4.78, 5) is 0. The number of halogens is 1. The van der Waals surface area contributed by atoms with Gasteiger partial charge in [0.2, 0.25) is 0 Å². The minimum atomic E-state index is 0.350. The fourth-order valence-corrected chi connectivity index (χ4v) is 3.23. The number of rotatable bonds is 6. The maximum Gasteiger partial charge on any atom is 0.152 e. The van der Waals surface area contributed by atoms with Crippen molar-refractivity contribution in [2.75, 3.05) is 0 Å². The van der Waals surface area contributed by atoms with Crippen LogP contribution in [0.5, 0.6) is 0 Å². The van der Waals surface area contributed by atoms with Crippen LogP contribution in [0.15, 0.2) is 47.0 Å². The Hall–Kier alpha value is -2.04. The molecular weight excluding hydrogens is 322 g/mol. The molecule has 4 rings (SSSR count). The Morgan fingerprint density at radius 1 is 1.25 bits per heavy atom. The fourth-order valence-electron chi connectivity index (χ4n) is 3.10. The second kappa shape index (κ2) is 6.46. The van der Waals surface area contributed by atoms with Gasteiger partial charge in [0.15, 0.2) is 5.76 Å². The largest absolute Gasteiger partial charge is 0.460 e. The Morgan fingerprint density at radius 2 is 2.04 bits per heavy atom. The third-order valence-electron chi connectivity index (χ3n) is 4.54. The number of hydrogen-bond acceptors (Lipinski definition) is 3. The fraction of sp³-hybridized carbons (Fsp3) is 0.316. The highest BCUT2D eigenvalue weighted by atomic mass is 35.5. The Bertz CT molecular complexity index is 817. The summed E-state index contributed by atoms with van der Waals surface area (Å²) in [6, 6.07) is 12.4. The summed E-state index contributed by atoms with van der Waals surface area (Å²) < 4.78 is 5.72. The Labute approximate surface area is 146 Å².